The van der Waals surface area contributed by atoms with Crippen LogP contribution in [0.2, 0.25) is 0 Å². The van der Waals surface area contributed by atoms with Gasteiger partial charge in [-0.15, -0.1) is 0 Å². The predicted octanol–water partition coefficient (Wildman–Crippen LogP) is 2.88. The number of nitrogens with one attached hydrogen (secondary N) is 1. The Morgan fingerprint density at radius 3 is 2.17 bits per heavy atom. The van der Waals surface area contributed by atoms with Crippen molar-refractivity contribution in [1.82, 2.24) is 9.97 Å². The lowest BCUT2D eigenvalue weighted by Gasteiger charge is -2.09. The summed E-state index contributed by atoms with van der Waals surface area (Å²) in [7, 11) is 4.04. The highest BCUT2D eigenvalue weighted by Crippen LogP contribution is 2.35. The van der Waals surface area contributed by atoms with Gasteiger partial charge >= 0.3 is 12.4 Å². The molecule has 0 amide bonds. The molecule has 1 N–H and O–H groups in total. The number of ether oxygens (including phenoxy) is 1. The summed E-state index contributed by atoms with van der Waals surface area (Å²) in [6, 6.07) is 12.1. The molecule has 192 valence electrons. The monoisotopic (exact) mass is 515 g/mol. The molecule has 0 unspecified atom stereocenters. The molecule has 0 aliphatic carbocycles. The van der Waals surface area contributed by atoms with Crippen molar-refractivity contribution >= 4 is 28.0 Å². The van der Waals surface area contributed by atoms with Crippen LogP contribution in [0.1, 0.15) is 5.56 Å². The van der Waals surface area contributed by atoms with Crippen LogP contribution in [0.15, 0.2) is 52.9 Å². The Balaban J connectivity index is 0.000000454. The van der Waals surface area contributed by atoms with E-state index in [9.17, 15) is 26.3 Å². The maximum atomic E-state index is 12.8. The van der Waals surface area contributed by atoms with E-state index in [0.29, 0.717) is 34.7 Å². The number of pyridine rings is 1. The van der Waals surface area contributed by atoms with Gasteiger partial charge in [0.25, 0.3) is 0 Å². The lowest BCUT2D eigenvalue weighted by atomic mass is 10.1. The zero-order valence-corrected chi connectivity index (χ0v) is 18.8. The molecule has 36 heavy (non-hydrogen) atoms. The van der Waals surface area contributed by atoms with Gasteiger partial charge in [-0.3, -0.25) is 0 Å². The minimum absolute atomic E-state index is 0.218. The number of likely N-dealkylation sites (N-methyl/N-ethyl adjacent to an activating group) is 1. The lowest BCUT2D eigenvalue weighted by molar-refractivity contribution is -0.858. The summed E-state index contributed by atoms with van der Waals surface area (Å²) in [6.45, 7) is 1.23. The molecule has 7 nitrogen and oxygen atoms in total. The highest BCUT2D eigenvalue weighted by atomic mass is 19.4. The summed E-state index contributed by atoms with van der Waals surface area (Å²) in [6.07, 6.45) is -9.59. The summed E-state index contributed by atoms with van der Waals surface area (Å²) in [5, 5.41) is 9.55. The van der Waals surface area contributed by atoms with Gasteiger partial charge in [-0.2, -0.15) is 26.3 Å². The third kappa shape index (κ3) is 6.42. The quantitative estimate of drug-likeness (QED) is 0.411. The molecule has 4 aromatic rings. The molecule has 0 spiro atoms. The number of fused-ring (bicyclic) bond motifs is 3. The Kier molecular flexibility index (Phi) is 7.72. The van der Waals surface area contributed by atoms with Crippen molar-refractivity contribution in [3.05, 3.63) is 54.1 Å². The van der Waals surface area contributed by atoms with E-state index in [1.165, 1.54) is 17.0 Å². The molecule has 0 fully saturated rings. The average Bonchev–Trinajstić information content (AvgIpc) is 3.24. The van der Waals surface area contributed by atoms with Crippen molar-refractivity contribution < 1.29 is 50.3 Å². The number of carbonyl (C=O) groups is 1. The smallest absolute Gasteiger partial charge is 0.430 e. The van der Waals surface area contributed by atoms with E-state index in [4.69, 9.17) is 19.1 Å². The first-order valence-corrected chi connectivity index (χ1v) is 10.3. The molecule has 0 atom stereocenters. The van der Waals surface area contributed by atoms with Crippen LogP contribution in [-0.2, 0) is 11.0 Å². The van der Waals surface area contributed by atoms with Crippen LogP contribution in [-0.4, -0.2) is 49.4 Å². The third-order valence-corrected chi connectivity index (χ3v) is 4.73. The van der Waals surface area contributed by atoms with Gasteiger partial charge in [-0.1, -0.05) is 12.1 Å². The zero-order chi connectivity index (χ0) is 26.7. The number of quaternary nitrogens is 1. The number of aliphatic carboxylic acids is 1. The van der Waals surface area contributed by atoms with Gasteiger partial charge < -0.3 is 24.0 Å². The number of nitrogens with zero attached hydrogens (tertiary/aromatic N) is 2. The predicted molar refractivity (Wildman–Crippen MR) is 114 cm³/mol. The average molecular weight is 515 g/mol. The van der Waals surface area contributed by atoms with Crippen LogP contribution in [0.25, 0.3) is 33.5 Å². The molecule has 13 heteroatoms. The second-order valence-corrected chi connectivity index (χ2v) is 7.80. The maximum absolute atomic E-state index is 12.8. The number of oxazole rings is 1. The van der Waals surface area contributed by atoms with Crippen molar-refractivity contribution in [2.45, 2.75) is 12.4 Å². The lowest BCUT2D eigenvalue weighted by Crippen LogP contribution is -3.06. The number of carboxylic acid groups (broad SMARTS) is 1. The number of aromatic nitrogens is 2. The second kappa shape index (κ2) is 10.4. The van der Waals surface area contributed by atoms with E-state index < -0.39 is 23.9 Å². The minimum Gasteiger partial charge on any atom is -0.542 e. The number of alkyl halides is 6. The first-order chi connectivity index (χ1) is 16.8. The Labute approximate surface area is 199 Å². The number of hydrogen-bond acceptors (Lipinski definition) is 6. The van der Waals surface area contributed by atoms with Gasteiger partial charge in [-0.25, -0.2) is 9.97 Å². The van der Waals surface area contributed by atoms with Crippen molar-refractivity contribution in [2.24, 2.45) is 0 Å². The molecule has 2 aromatic carbocycles. The number of hydrogen-bond donors (Lipinski definition) is 1. The van der Waals surface area contributed by atoms with Gasteiger partial charge in [0, 0.05) is 10.9 Å². The fraction of sp³-hybridized carbons (Fsp3) is 0.261. The molecule has 0 radical (unpaired) electrons. The first kappa shape index (κ1) is 26.7. The number of benzene rings is 2. The molecule has 0 saturated heterocycles. The van der Waals surface area contributed by atoms with Crippen LogP contribution >= 0.6 is 0 Å². The molecule has 0 aliphatic rings. The fourth-order valence-electron chi connectivity index (χ4n) is 2.95. The first-order valence-electron chi connectivity index (χ1n) is 10.3. The Morgan fingerprint density at radius 1 is 1.00 bits per heavy atom. The van der Waals surface area contributed by atoms with Gasteiger partial charge in [-0.05, 0) is 36.4 Å². The van der Waals surface area contributed by atoms with Gasteiger partial charge in [0.1, 0.15) is 19.1 Å². The van der Waals surface area contributed by atoms with Crippen LogP contribution in [0.5, 0.6) is 5.88 Å². The standard InChI is InChI=1S/C21H18F3N3O2.C2HF3O2/c1-27(2)11-12-28-20-17-18(15-5-3-4-6-16(15)25-20)29-19(26-17)13-7-9-14(10-8-13)21(22,23)24;3-2(4,5)1(6)7/h3-10H,11-12H2,1-2H3;(H,6,7). The Bertz CT molecular complexity index is 1350. The maximum Gasteiger partial charge on any atom is 0.430 e. The molecule has 0 bridgehead atoms. The second-order valence-electron chi connectivity index (χ2n) is 7.80. The van der Waals surface area contributed by atoms with Crippen LogP contribution in [0.4, 0.5) is 26.3 Å². The van der Waals surface area contributed by atoms with E-state index in [0.717, 1.165) is 24.1 Å². The molecular formula is C23H19F6N3O4. The molecule has 2 heterocycles. The SMILES string of the molecule is C[NH+](C)CCOc1nc2ccccc2c2oc(-c3ccc(C(F)(F)F)cc3)nc12.O=C([O-])C(F)(F)F. The summed E-state index contributed by atoms with van der Waals surface area (Å²) in [5.41, 5.74) is 1.37. The number of rotatable bonds is 5. The van der Waals surface area contributed by atoms with E-state index in [1.54, 1.807) is 0 Å². The summed E-state index contributed by atoms with van der Waals surface area (Å²) < 4.78 is 81.8. The summed E-state index contributed by atoms with van der Waals surface area (Å²) in [4.78, 5) is 19.0. The molecule has 0 aliphatic heterocycles. The zero-order valence-electron chi connectivity index (χ0n) is 18.8. The molecular weight excluding hydrogens is 496 g/mol. The van der Waals surface area contributed by atoms with Gasteiger partial charge in [0.05, 0.1) is 25.2 Å². The number of para-hydroxylation sites is 1. The fourth-order valence-corrected chi connectivity index (χ4v) is 2.95. The summed E-state index contributed by atoms with van der Waals surface area (Å²) >= 11 is 0. The van der Waals surface area contributed by atoms with E-state index >= 15 is 0 Å². The van der Waals surface area contributed by atoms with E-state index in [1.807, 2.05) is 38.4 Å². The van der Waals surface area contributed by atoms with Crippen LogP contribution in [0.3, 0.4) is 0 Å². The van der Waals surface area contributed by atoms with Crippen LogP contribution < -0.4 is 14.7 Å². The number of halogens is 6. The summed E-state index contributed by atoms with van der Waals surface area (Å²) in [5.74, 6) is -2.44. The number of carbonyl (C=O) groups excluding carboxylic acids is 1. The van der Waals surface area contributed by atoms with Crippen molar-refractivity contribution in [1.29, 1.82) is 0 Å². The Morgan fingerprint density at radius 2 is 1.61 bits per heavy atom. The normalized spacial score (nSPS) is 12.0. The Hall–Kier alpha value is -3.87. The minimum atomic E-state index is -5.19. The van der Waals surface area contributed by atoms with Gasteiger partial charge in [0.2, 0.25) is 11.8 Å². The largest absolute Gasteiger partial charge is 0.542 e. The molecule has 2 aromatic heterocycles. The van der Waals surface area contributed by atoms with E-state index in [-0.39, 0.29) is 5.89 Å². The molecule has 4 rings (SSSR count). The highest BCUT2D eigenvalue weighted by Gasteiger charge is 2.30. The number of carboxylic acids is 1. The van der Waals surface area contributed by atoms with Gasteiger partial charge in [0.15, 0.2) is 11.1 Å². The van der Waals surface area contributed by atoms with Crippen molar-refractivity contribution in [3.8, 4) is 17.3 Å². The molecule has 0 saturated carbocycles. The van der Waals surface area contributed by atoms with Crippen LogP contribution in [0, 0.1) is 0 Å². The van der Waals surface area contributed by atoms with Crippen molar-refractivity contribution in [3.63, 3.8) is 0 Å². The topological polar surface area (TPSA) is 92.7 Å². The van der Waals surface area contributed by atoms with Crippen molar-refractivity contribution in [2.75, 3.05) is 27.2 Å². The van der Waals surface area contributed by atoms with E-state index in [2.05, 4.69) is 9.97 Å². The highest BCUT2D eigenvalue weighted by molar-refractivity contribution is 6.03. The third-order valence-electron chi connectivity index (χ3n) is 4.73.